The molecule has 70 heavy (non-hydrogen) atoms. The molecule has 0 aliphatic carbocycles. The van der Waals surface area contributed by atoms with Crippen molar-refractivity contribution in [3.8, 4) is 28.2 Å². The van der Waals surface area contributed by atoms with Crippen molar-refractivity contribution < 1.29 is 0 Å². The molecule has 3 nitrogen and oxygen atoms in total. The quantitative estimate of drug-likeness (QED) is 0.107. The fourth-order valence-electron chi connectivity index (χ4n) is 11.8. The molecule has 0 saturated carbocycles. The highest BCUT2D eigenvalue weighted by atomic mass is 28.3. The first-order valence-electron chi connectivity index (χ1n) is 24.2. The molecule has 14 rings (SSSR count). The van der Waals surface area contributed by atoms with Gasteiger partial charge >= 0.3 is 0 Å². The number of rotatable bonds is 8. The molecule has 0 fully saturated rings. The predicted octanol–water partition coefficient (Wildman–Crippen LogP) is 14.0. The Morgan fingerprint density at radius 1 is 0.229 bits per heavy atom. The van der Waals surface area contributed by atoms with Crippen molar-refractivity contribution in [1.82, 2.24) is 13.7 Å². The molecule has 0 unspecified atom stereocenters. The van der Waals surface area contributed by atoms with Gasteiger partial charge in [-0.15, -0.1) is 0 Å². The molecule has 0 bridgehead atoms. The fraction of sp³-hybridized carbons (Fsp3) is 0. The summed E-state index contributed by atoms with van der Waals surface area (Å²) in [5, 5.41) is 12.9. The van der Waals surface area contributed by atoms with Crippen LogP contribution in [0.25, 0.3) is 93.6 Å². The van der Waals surface area contributed by atoms with Crippen LogP contribution in [0, 0.1) is 0 Å². The summed E-state index contributed by atoms with van der Waals surface area (Å²) in [5.74, 6) is 0. The molecule has 0 radical (unpaired) electrons. The third kappa shape index (κ3) is 6.00. The van der Waals surface area contributed by atoms with Gasteiger partial charge in [-0.05, 0) is 92.5 Å². The maximum Gasteiger partial charge on any atom is 0.180 e. The Morgan fingerprint density at radius 3 is 1.14 bits per heavy atom. The van der Waals surface area contributed by atoms with E-state index in [1.165, 1.54) is 86.3 Å². The van der Waals surface area contributed by atoms with Gasteiger partial charge in [0.25, 0.3) is 0 Å². The van der Waals surface area contributed by atoms with E-state index in [4.69, 9.17) is 0 Å². The zero-order valence-corrected chi connectivity index (χ0v) is 39.3. The second-order valence-electron chi connectivity index (χ2n) is 18.4. The third-order valence-electron chi connectivity index (χ3n) is 14.8. The lowest BCUT2D eigenvalue weighted by Crippen LogP contribution is -2.74. The van der Waals surface area contributed by atoms with Crippen molar-refractivity contribution in [2.24, 2.45) is 0 Å². The lowest BCUT2D eigenvalue weighted by atomic mass is 10.1. The number of para-hydroxylation sites is 3. The van der Waals surface area contributed by atoms with Crippen molar-refractivity contribution in [2.45, 2.75) is 0 Å². The van der Waals surface area contributed by atoms with Crippen LogP contribution in [0.4, 0.5) is 0 Å². The first-order chi connectivity index (χ1) is 34.8. The Morgan fingerprint density at radius 2 is 0.600 bits per heavy atom. The molecule has 3 aromatic heterocycles. The van der Waals surface area contributed by atoms with Gasteiger partial charge in [-0.3, -0.25) is 0 Å². The van der Waals surface area contributed by atoms with Gasteiger partial charge in [0.05, 0.1) is 33.1 Å². The molecule has 0 amide bonds. The summed E-state index contributed by atoms with van der Waals surface area (Å²) in [6, 6.07) is 101. The largest absolute Gasteiger partial charge is 0.309 e. The van der Waals surface area contributed by atoms with Crippen LogP contribution in [0.3, 0.4) is 0 Å². The van der Waals surface area contributed by atoms with Crippen LogP contribution in [0.2, 0.25) is 0 Å². The minimum Gasteiger partial charge on any atom is -0.309 e. The maximum absolute atomic E-state index is 2.98. The van der Waals surface area contributed by atoms with Crippen LogP contribution in [0.15, 0.2) is 273 Å². The van der Waals surface area contributed by atoms with E-state index >= 15 is 0 Å². The third-order valence-corrected chi connectivity index (χ3v) is 19.6. The Hall–Kier alpha value is -8.96. The van der Waals surface area contributed by atoms with E-state index in [2.05, 4.69) is 287 Å². The Kier molecular flexibility index (Phi) is 9.23. The molecular formula is C66H45N3Si. The number of hydrogen-bond acceptors (Lipinski definition) is 0. The smallest absolute Gasteiger partial charge is 0.180 e. The SMILES string of the molecule is c1ccc(-c2cccc(-n3c4ccccc4c4ccc(-n5c6cc(-n7c8ccccc8c8ccccc87)ccc6c6c([Si](c7ccccc7)(c7ccccc7)c7ccccc7)cccc65)cc43)c2)cc1. The van der Waals surface area contributed by atoms with Crippen molar-refractivity contribution in [3.05, 3.63) is 273 Å². The van der Waals surface area contributed by atoms with E-state index in [1.807, 2.05) is 0 Å². The van der Waals surface area contributed by atoms with Crippen LogP contribution in [-0.4, -0.2) is 21.8 Å². The fourth-order valence-corrected chi connectivity index (χ4v) is 16.8. The molecule has 0 spiro atoms. The molecule has 0 atom stereocenters. The predicted molar refractivity (Wildman–Crippen MR) is 299 cm³/mol. The molecule has 14 aromatic rings. The van der Waals surface area contributed by atoms with E-state index in [9.17, 15) is 0 Å². The van der Waals surface area contributed by atoms with Crippen LogP contribution in [-0.2, 0) is 0 Å². The van der Waals surface area contributed by atoms with Crippen LogP contribution in [0.5, 0.6) is 0 Å². The minimum absolute atomic E-state index is 1.11. The average molecular weight is 908 g/mol. The van der Waals surface area contributed by atoms with Gasteiger partial charge in [-0.1, -0.05) is 212 Å². The first-order valence-corrected chi connectivity index (χ1v) is 26.2. The summed E-state index contributed by atoms with van der Waals surface area (Å²) in [5.41, 5.74) is 12.8. The average Bonchev–Trinajstić information content (AvgIpc) is 4.08. The summed E-state index contributed by atoms with van der Waals surface area (Å²) in [6.07, 6.45) is 0. The Bertz CT molecular complexity index is 4130. The molecule has 11 aromatic carbocycles. The maximum atomic E-state index is 2.55. The number of fused-ring (bicyclic) bond motifs is 9. The highest BCUT2D eigenvalue weighted by Gasteiger charge is 2.43. The second kappa shape index (κ2) is 16.1. The topological polar surface area (TPSA) is 14.8 Å². The molecule has 0 saturated heterocycles. The second-order valence-corrected chi connectivity index (χ2v) is 22.2. The van der Waals surface area contributed by atoms with E-state index in [-0.39, 0.29) is 0 Å². The first kappa shape index (κ1) is 40.1. The van der Waals surface area contributed by atoms with E-state index < -0.39 is 8.07 Å². The number of nitrogens with zero attached hydrogens (tertiary/aromatic N) is 3. The van der Waals surface area contributed by atoms with Crippen molar-refractivity contribution >= 4 is 94.2 Å². The molecule has 328 valence electrons. The molecule has 0 N–H and O–H groups in total. The van der Waals surface area contributed by atoms with Crippen LogP contribution in [0.1, 0.15) is 0 Å². The molecule has 4 heteroatoms. The van der Waals surface area contributed by atoms with Crippen LogP contribution < -0.4 is 20.7 Å². The molecular weight excluding hydrogens is 863 g/mol. The number of aromatic nitrogens is 3. The summed E-state index contributed by atoms with van der Waals surface area (Å²) in [7, 11) is -2.98. The monoisotopic (exact) mass is 907 g/mol. The van der Waals surface area contributed by atoms with Gasteiger partial charge in [-0.25, -0.2) is 0 Å². The van der Waals surface area contributed by atoms with Gasteiger partial charge in [0, 0.05) is 49.4 Å². The van der Waals surface area contributed by atoms with Gasteiger partial charge in [0.15, 0.2) is 8.07 Å². The van der Waals surface area contributed by atoms with Gasteiger partial charge in [0.2, 0.25) is 0 Å². The summed E-state index contributed by atoms with van der Waals surface area (Å²) < 4.78 is 7.46. The zero-order chi connectivity index (χ0) is 46.2. The highest BCUT2D eigenvalue weighted by molar-refractivity contribution is 7.20. The Balaban J connectivity index is 1.11. The Labute approximate surface area is 407 Å². The zero-order valence-electron chi connectivity index (χ0n) is 38.3. The lowest BCUT2D eigenvalue weighted by Gasteiger charge is -2.35. The van der Waals surface area contributed by atoms with Crippen molar-refractivity contribution in [1.29, 1.82) is 0 Å². The lowest BCUT2D eigenvalue weighted by molar-refractivity contribution is 1.14. The van der Waals surface area contributed by atoms with Gasteiger partial charge in [0.1, 0.15) is 0 Å². The summed E-state index contributed by atoms with van der Waals surface area (Å²) in [4.78, 5) is 0. The minimum atomic E-state index is -2.98. The van der Waals surface area contributed by atoms with Crippen LogP contribution >= 0.6 is 0 Å². The van der Waals surface area contributed by atoms with Gasteiger partial charge < -0.3 is 13.7 Å². The summed E-state index contributed by atoms with van der Waals surface area (Å²) >= 11 is 0. The molecule has 0 aliphatic rings. The van der Waals surface area contributed by atoms with Gasteiger partial charge in [-0.2, -0.15) is 0 Å². The number of benzene rings is 11. The van der Waals surface area contributed by atoms with E-state index in [0.29, 0.717) is 0 Å². The standard InChI is InChI=1S/C66H45N3Si/c1-5-21-46(22-6-1)47-23-19-24-48(43-47)68-61-36-18-15-33-56(61)57-41-39-50(44-63(57)68)69-62-37-20-38-65(70(51-25-7-2-8-26-51,52-27-9-3-10-28-52)53-29-11-4-12-30-53)66(62)58-42-40-49(45-64(58)69)67-59-34-16-13-31-54(59)55-32-14-17-35-60(55)67/h1-45H. The molecule has 3 heterocycles. The highest BCUT2D eigenvalue weighted by Crippen LogP contribution is 2.40. The number of hydrogen-bond donors (Lipinski definition) is 0. The van der Waals surface area contributed by atoms with Crippen molar-refractivity contribution in [2.75, 3.05) is 0 Å². The van der Waals surface area contributed by atoms with Crippen molar-refractivity contribution in [3.63, 3.8) is 0 Å². The molecule has 0 aliphatic heterocycles. The van der Waals surface area contributed by atoms with E-state index in [1.54, 1.807) is 0 Å². The summed E-state index contributed by atoms with van der Waals surface area (Å²) in [6.45, 7) is 0. The normalized spacial score (nSPS) is 12.0. The van der Waals surface area contributed by atoms with E-state index in [0.717, 1.165) is 28.1 Å².